The van der Waals surface area contributed by atoms with Gasteiger partial charge in [0.15, 0.2) is 0 Å². The van der Waals surface area contributed by atoms with Crippen LogP contribution in [0.25, 0.3) is 0 Å². The van der Waals surface area contributed by atoms with E-state index < -0.39 is 0 Å². The van der Waals surface area contributed by atoms with Gasteiger partial charge in [0, 0.05) is 0 Å². The van der Waals surface area contributed by atoms with E-state index in [1.165, 1.54) is 0 Å². The van der Waals surface area contributed by atoms with Gasteiger partial charge in [-0.25, -0.2) is 0 Å². The van der Waals surface area contributed by atoms with Gasteiger partial charge in [-0.15, -0.1) is 24.8 Å². The van der Waals surface area contributed by atoms with Gasteiger partial charge in [0.1, 0.15) is 0 Å². The first-order valence-electron chi connectivity index (χ1n) is 0. The second kappa shape index (κ2) is 27.4. The predicted octanol–water partition coefficient (Wildman–Crippen LogP) is -1.91. The fraction of sp³-hybridized carbons (Fsp3) is 0. The molecule has 0 rings (SSSR count). The van der Waals surface area contributed by atoms with Crippen LogP contribution in [-0.2, 0) is 0 Å². The normalized spacial score (nSPS) is 0. The van der Waals surface area contributed by atoms with Gasteiger partial charge in [0.2, 0.25) is 0 Å². The molecule has 0 aliphatic carbocycles. The van der Waals surface area contributed by atoms with Crippen LogP contribution in [0.5, 0.6) is 0 Å². The standard InChI is InChI=1S/2ClH.GeH4.2Na.2H/h2*1H;1H4;;;;. The summed E-state index contributed by atoms with van der Waals surface area (Å²) in [7, 11) is 0. The van der Waals surface area contributed by atoms with Crippen molar-refractivity contribution in [2.75, 3.05) is 0 Å². The van der Waals surface area contributed by atoms with Crippen LogP contribution in [0.15, 0.2) is 0 Å². The molecule has 0 atom stereocenters. The van der Waals surface area contributed by atoms with E-state index in [4.69, 9.17) is 0 Å². The molecule has 0 spiro atoms. The van der Waals surface area contributed by atoms with Crippen molar-refractivity contribution in [2.24, 2.45) is 0 Å². The van der Waals surface area contributed by atoms with Crippen LogP contribution in [-0.4, -0.2) is 76.7 Å². The Morgan fingerprint density at radius 2 is 0.600 bits per heavy atom. The molecule has 0 aliphatic rings. The SMILES string of the molecule is Cl.Cl.[GeH4].[NaH].[NaH]. The number of hydrogen-bond acceptors (Lipinski definition) is 0. The van der Waals surface area contributed by atoms with Crippen molar-refractivity contribution >= 4 is 102 Å². The number of halogens is 2. The van der Waals surface area contributed by atoms with E-state index in [0.717, 1.165) is 0 Å². The Hall–Kier alpha value is 3.12. The van der Waals surface area contributed by atoms with Crippen LogP contribution in [0, 0.1) is 0 Å². The van der Waals surface area contributed by atoms with E-state index >= 15 is 0 Å². The van der Waals surface area contributed by atoms with Crippen molar-refractivity contribution in [3.63, 3.8) is 0 Å². The Morgan fingerprint density at radius 3 is 0.600 bits per heavy atom. The molecule has 0 radical (unpaired) electrons. The summed E-state index contributed by atoms with van der Waals surface area (Å²) in [5.41, 5.74) is 0. The van der Waals surface area contributed by atoms with Gasteiger partial charge in [-0.2, -0.15) is 0 Å². The van der Waals surface area contributed by atoms with Gasteiger partial charge in [-0.1, -0.05) is 0 Å². The van der Waals surface area contributed by atoms with Crippen LogP contribution in [0.3, 0.4) is 0 Å². The fourth-order valence-corrected chi connectivity index (χ4v) is 0. The Balaban J connectivity index is 0. The van der Waals surface area contributed by atoms with Crippen LogP contribution >= 0.6 is 24.8 Å². The summed E-state index contributed by atoms with van der Waals surface area (Å²) < 4.78 is 0. The zero-order valence-corrected chi connectivity index (χ0v) is 2.45. The number of rotatable bonds is 0. The van der Waals surface area contributed by atoms with Crippen molar-refractivity contribution < 1.29 is 0 Å². The van der Waals surface area contributed by atoms with E-state index in [2.05, 4.69) is 0 Å². The second-order valence-electron chi connectivity index (χ2n) is 0. The Morgan fingerprint density at radius 1 is 0.600 bits per heavy atom. The van der Waals surface area contributed by atoms with Crippen molar-refractivity contribution in [3.8, 4) is 0 Å². The van der Waals surface area contributed by atoms with E-state index in [0.29, 0.717) is 0 Å². The van der Waals surface area contributed by atoms with Crippen molar-refractivity contribution in [1.29, 1.82) is 0 Å². The topological polar surface area (TPSA) is 0 Å². The molecule has 0 amide bonds. The monoisotopic (exact) mass is 198 g/mol. The van der Waals surface area contributed by atoms with Crippen molar-refractivity contribution in [1.82, 2.24) is 0 Å². The summed E-state index contributed by atoms with van der Waals surface area (Å²) >= 11 is 0. The summed E-state index contributed by atoms with van der Waals surface area (Å²) in [5, 5.41) is 0. The molecule has 5 heavy (non-hydrogen) atoms. The summed E-state index contributed by atoms with van der Waals surface area (Å²) in [6.45, 7) is 0. The molecule has 0 saturated heterocycles. The molecule has 0 heterocycles. The molecule has 0 nitrogen and oxygen atoms in total. The van der Waals surface area contributed by atoms with E-state index in [9.17, 15) is 0 Å². The summed E-state index contributed by atoms with van der Waals surface area (Å²) in [5.74, 6) is 0. The molecule has 0 bridgehead atoms. The first-order valence-corrected chi connectivity index (χ1v) is 0. The molecule has 0 aliphatic heterocycles. The summed E-state index contributed by atoms with van der Waals surface area (Å²) in [6, 6.07) is 0. The molecule has 5 heteroatoms. The van der Waals surface area contributed by atoms with Gasteiger partial charge < -0.3 is 0 Å². The predicted molar refractivity (Wildman–Crippen MR) is 40.1 cm³/mol. The fourth-order valence-electron chi connectivity index (χ4n) is 0. The van der Waals surface area contributed by atoms with Crippen molar-refractivity contribution in [2.45, 2.75) is 0 Å². The van der Waals surface area contributed by atoms with Gasteiger partial charge in [0.25, 0.3) is 0 Å². The number of hydrogen-bond donors (Lipinski definition) is 0. The van der Waals surface area contributed by atoms with E-state index in [1.54, 1.807) is 0 Å². The van der Waals surface area contributed by atoms with Gasteiger partial charge in [-0.05, 0) is 0 Å². The van der Waals surface area contributed by atoms with Gasteiger partial charge >= 0.3 is 76.7 Å². The molecule has 0 fully saturated rings. The third kappa shape index (κ3) is 19.2. The maximum absolute atomic E-state index is 0. The van der Waals surface area contributed by atoms with Crippen LogP contribution in [0.1, 0.15) is 0 Å². The Kier molecular flexibility index (Phi) is 231. The third-order valence-corrected chi connectivity index (χ3v) is 0. The minimum absolute atomic E-state index is 0. The third-order valence-electron chi connectivity index (χ3n) is 0. The minimum atomic E-state index is 0. The molecule has 0 aromatic heterocycles. The van der Waals surface area contributed by atoms with Crippen molar-refractivity contribution in [3.05, 3.63) is 0 Å². The van der Waals surface area contributed by atoms with E-state index in [1.807, 2.05) is 0 Å². The van der Waals surface area contributed by atoms with Crippen LogP contribution in [0.4, 0.5) is 0 Å². The molecule has 28 valence electrons. The molecular weight excluding hydrogens is 189 g/mol. The zero-order valence-electron chi connectivity index (χ0n) is 0.816. The van der Waals surface area contributed by atoms with Gasteiger partial charge in [-0.3, -0.25) is 0 Å². The second-order valence-corrected chi connectivity index (χ2v) is 0. The quantitative estimate of drug-likeness (QED) is 0.398. The van der Waals surface area contributed by atoms with Gasteiger partial charge in [0.05, 0.1) is 0 Å². The molecule has 0 saturated carbocycles. The zero-order chi connectivity index (χ0) is 0. The summed E-state index contributed by atoms with van der Waals surface area (Å²) in [4.78, 5) is 0. The molecule has 0 aromatic rings. The molecule has 0 unspecified atom stereocenters. The molecular formula is H8Cl2GeNa2. The van der Waals surface area contributed by atoms with E-state index in [-0.39, 0.29) is 102 Å². The average Bonchev–Trinajstić information content (AvgIpc) is 0. The summed E-state index contributed by atoms with van der Waals surface area (Å²) in [6.07, 6.45) is 0. The average molecular weight is 198 g/mol. The van der Waals surface area contributed by atoms with Crippen LogP contribution < -0.4 is 0 Å². The first-order chi connectivity index (χ1) is 0. The Labute approximate surface area is 99.6 Å². The Bertz CT molecular complexity index is 7.61. The molecule has 0 N–H and O–H groups in total. The first kappa shape index (κ1) is 42.3. The maximum atomic E-state index is 0. The molecule has 0 aromatic carbocycles. The van der Waals surface area contributed by atoms with Crippen LogP contribution in [0.2, 0.25) is 0 Å².